The zero-order chi connectivity index (χ0) is 14.4. The highest BCUT2D eigenvalue weighted by Crippen LogP contribution is 2.18. The van der Waals surface area contributed by atoms with Crippen LogP contribution in [0.25, 0.3) is 0 Å². The molecular weight excluding hydrogens is 254 g/mol. The molecule has 0 amide bonds. The van der Waals surface area contributed by atoms with Crippen LogP contribution in [-0.4, -0.2) is 17.6 Å². The van der Waals surface area contributed by atoms with E-state index >= 15 is 0 Å². The molecule has 4 nitrogen and oxygen atoms in total. The van der Waals surface area contributed by atoms with Crippen molar-refractivity contribution in [3.63, 3.8) is 0 Å². The molecule has 0 spiro atoms. The van der Waals surface area contributed by atoms with Gasteiger partial charge < -0.3 is 14.4 Å². The Morgan fingerprint density at radius 2 is 1.85 bits per heavy atom. The normalized spacial score (nSPS) is 10.4. The van der Waals surface area contributed by atoms with E-state index < -0.39 is 5.97 Å². The summed E-state index contributed by atoms with van der Waals surface area (Å²) in [5.41, 5.74) is 1.00. The molecule has 1 aromatic heterocycles. The van der Waals surface area contributed by atoms with Crippen molar-refractivity contribution in [1.82, 2.24) is 0 Å². The number of carbonyl (C=O) groups is 1. The van der Waals surface area contributed by atoms with E-state index in [-0.39, 0.29) is 6.42 Å². The molecule has 20 heavy (non-hydrogen) atoms. The standard InChI is InChI=1S/C16H19NO3/c1-2-14-8-9-15(20-14)12-17(11-10-16(18)19)13-6-4-3-5-7-13/h3-9H,2,10-12H2,1H3,(H,18,19). The van der Waals surface area contributed by atoms with Gasteiger partial charge in [0.25, 0.3) is 0 Å². The van der Waals surface area contributed by atoms with Crippen molar-refractivity contribution in [2.24, 2.45) is 0 Å². The monoisotopic (exact) mass is 273 g/mol. The molecule has 0 fully saturated rings. The van der Waals surface area contributed by atoms with Gasteiger partial charge in [-0.25, -0.2) is 0 Å². The number of hydrogen-bond acceptors (Lipinski definition) is 3. The number of hydrogen-bond donors (Lipinski definition) is 1. The molecular formula is C16H19NO3. The molecule has 2 rings (SSSR count). The molecule has 0 aliphatic rings. The van der Waals surface area contributed by atoms with E-state index in [1.807, 2.05) is 54.3 Å². The molecule has 0 aliphatic heterocycles. The molecule has 2 aromatic rings. The number of rotatable bonds is 7. The van der Waals surface area contributed by atoms with Crippen LogP contribution in [0.4, 0.5) is 5.69 Å². The van der Waals surface area contributed by atoms with Crippen LogP contribution in [0.1, 0.15) is 24.9 Å². The number of aryl methyl sites for hydroxylation is 1. The average molecular weight is 273 g/mol. The fourth-order valence-corrected chi connectivity index (χ4v) is 2.05. The summed E-state index contributed by atoms with van der Waals surface area (Å²) in [5, 5.41) is 8.87. The minimum Gasteiger partial charge on any atom is -0.481 e. The molecule has 1 aromatic carbocycles. The summed E-state index contributed by atoms with van der Waals surface area (Å²) in [4.78, 5) is 12.8. The second-order valence-corrected chi connectivity index (χ2v) is 4.62. The highest BCUT2D eigenvalue weighted by Gasteiger charge is 2.11. The second-order valence-electron chi connectivity index (χ2n) is 4.62. The quantitative estimate of drug-likeness (QED) is 0.840. The Bertz CT molecular complexity index is 548. The summed E-state index contributed by atoms with van der Waals surface area (Å²) in [6.45, 7) is 3.08. The van der Waals surface area contributed by atoms with Gasteiger partial charge in [0.05, 0.1) is 13.0 Å². The maximum absolute atomic E-state index is 10.8. The number of para-hydroxylation sites is 1. The fraction of sp³-hybridized carbons (Fsp3) is 0.312. The van der Waals surface area contributed by atoms with Crippen LogP contribution in [0.5, 0.6) is 0 Å². The summed E-state index contributed by atoms with van der Waals surface area (Å²) in [5.74, 6) is 1.02. The molecule has 0 saturated heterocycles. The lowest BCUT2D eigenvalue weighted by Crippen LogP contribution is -2.25. The van der Waals surface area contributed by atoms with E-state index in [1.54, 1.807) is 0 Å². The molecule has 0 bridgehead atoms. The third kappa shape index (κ3) is 3.88. The molecule has 0 saturated carbocycles. The Balaban J connectivity index is 2.11. The van der Waals surface area contributed by atoms with Crippen molar-refractivity contribution in [3.8, 4) is 0 Å². The van der Waals surface area contributed by atoms with E-state index in [2.05, 4.69) is 0 Å². The van der Waals surface area contributed by atoms with Crippen molar-refractivity contribution in [2.75, 3.05) is 11.4 Å². The SMILES string of the molecule is CCc1ccc(CN(CCC(=O)O)c2ccccc2)o1. The number of anilines is 1. The van der Waals surface area contributed by atoms with Crippen LogP contribution >= 0.6 is 0 Å². The lowest BCUT2D eigenvalue weighted by Gasteiger charge is -2.23. The van der Waals surface area contributed by atoms with E-state index in [4.69, 9.17) is 9.52 Å². The minimum atomic E-state index is -0.792. The fourth-order valence-electron chi connectivity index (χ4n) is 2.05. The predicted octanol–water partition coefficient (Wildman–Crippen LogP) is 3.32. The smallest absolute Gasteiger partial charge is 0.305 e. The van der Waals surface area contributed by atoms with Crippen LogP contribution in [-0.2, 0) is 17.8 Å². The van der Waals surface area contributed by atoms with E-state index in [0.29, 0.717) is 13.1 Å². The molecule has 0 atom stereocenters. The Morgan fingerprint density at radius 3 is 2.45 bits per heavy atom. The molecule has 1 N–H and O–H groups in total. The number of carboxylic acids is 1. The largest absolute Gasteiger partial charge is 0.481 e. The van der Waals surface area contributed by atoms with Gasteiger partial charge in [-0.05, 0) is 24.3 Å². The van der Waals surface area contributed by atoms with Crippen LogP contribution in [0.3, 0.4) is 0 Å². The van der Waals surface area contributed by atoms with Crippen molar-refractivity contribution >= 4 is 11.7 Å². The van der Waals surface area contributed by atoms with Crippen molar-refractivity contribution in [1.29, 1.82) is 0 Å². The van der Waals surface area contributed by atoms with Gasteiger partial charge in [-0.15, -0.1) is 0 Å². The van der Waals surface area contributed by atoms with Gasteiger partial charge in [-0.1, -0.05) is 25.1 Å². The van der Waals surface area contributed by atoms with Gasteiger partial charge >= 0.3 is 5.97 Å². The summed E-state index contributed by atoms with van der Waals surface area (Å²) in [6.07, 6.45) is 0.969. The van der Waals surface area contributed by atoms with Gasteiger partial charge in [0.1, 0.15) is 11.5 Å². The van der Waals surface area contributed by atoms with Crippen molar-refractivity contribution in [2.45, 2.75) is 26.3 Å². The Morgan fingerprint density at radius 1 is 1.15 bits per heavy atom. The van der Waals surface area contributed by atoms with Crippen LogP contribution in [0.2, 0.25) is 0 Å². The number of nitrogens with zero attached hydrogens (tertiary/aromatic N) is 1. The molecule has 0 unspecified atom stereocenters. The topological polar surface area (TPSA) is 53.7 Å². The van der Waals surface area contributed by atoms with E-state index in [1.165, 1.54) is 0 Å². The Hall–Kier alpha value is -2.23. The highest BCUT2D eigenvalue weighted by atomic mass is 16.4. The summed E-state index contributed by atoms with van der Waals surface area (Å²) in [6, 6.07) is 13.7. The number of aliphatic carboxylic acids is 1. The number of benzene rings is 1. The maximum Gasteiger partial charge on any atom is 0.305 e. The van der Waals surface area contributed by atoms with E-state index in [0.717, 1.165) is 23.6 Å². The Labute approximate surface area is 118 Å². The lowest BCUT2D eigenvalue weighted by atomic mass is 10.2. The van der Waals surface area contributed by atoms with Crippen LogP contribution in [0, 0.1) is 0 Å². The third-order valence-electron chi connectivity index (χ3n) is 3.13. The molecule has 4 heteroatoms. The maximum atomic E-state index is 10.8. The summed E-state index contributed by atoms with van der Waals surface area (Å²) in [7, 11) is 0. The molecule has 0 radical (unpaired) electrons. The minimum absolute atomic E-state index is 0.107. The first-order chi connectivity index (χ1) is 9.69. The number of furan rings is 1. The zero-order valence-corrected chi connectivity index (χ0v) is 11.6. The third-order valence-corrected chi connectivity index (χ3v) is 3.13. The summed E-state index contributed by atoms with van der Waals surface area (Å²) >= 11 is 0. The Kier molecular flexibility index (Phi) is 4.82. The van der Waals surface area contributed by atoms with Gasteiger partial charge in [-0.3, -0.25) is 4.79 Å². The first-order valence-corrected chi connectivity index (χ1v) is 6.78. The van der Waals surface area contributed by atoms with E-state index in [9.17, 15) is 4.79 Å². The first-order valence-electron chi connectivity index (χ1n) is 6.78. The lowest BCUT2D eigenvalue weighted by molar-refractivity contribution is -0.136. The van der Waals surface area contributed by atoms with Gasteiger partial charge in [0, 0.05) is 18.7 Å². The predicted molar refractivity (Wildman–Crippen MR) is 77.8 cm³/mol. The van der Waals surface area contributed by atoms with Crippen LogP contribution in [0.15, 0.2) is 46.9 Å². The molecule has 106 valence electrons. The molecule has 1 heterocycles. The van der Waals surface area contributed by atoms with Gasteiger partial charge in [0.2, 0.25) is 0 Å². The summed E-state index contributed by atoms with van der Waals surface area (Å²) < 4.78 is 5.70. The van der Waals surface area contributed by atoms with Gasteiger partial charge in [-0.2, -0.15) is 0 Å². The van der Waals surface area contributed by atoms with Crippen LogP contribution < -0.4 is 4.90 Å². The first kappa shape index (κ1) is 14.2. The highest BCUT2D eigenvalue weighted by molar-refractivity contribution is 5.67. The number of carboxylic acid groups (broad SMARTS) is 1. The average Bonchev–Trinajstić information content (AvgIpc) is 2.92. The van der Waals surface area contributed by atoms with Gasteiger partial charge in [0.15, 0.2) is 0 Å². The zero-order valence-electron chi connectivity index (χ0n) is 11.6. The van der Waals surface area contributed by atoms with Crippen molar-refractivity contribution < 1.29 is 14.3 Å². The second kappa shape index (κ2) is 6.80. The van der Waals surface area contributed by atoms with Crippen molar-refractivity contribution in [3.05, 3.63) is 54.0 Å². The molecule has 0 aliphatic carbocycles.